The lowest BCUT2D eigenvalue weighted by molar-refractivity contribution is -0.386. The van der Waals surface area contributed by atoms with E-state index in [4.69, 9.17) is 0 Å². The number of amides is 1. The Balaban J connectivity index is 1.25. The van der Waals surface area contributed by atoms with Crippen LogP contribution in [0.2, 0.25) is 0 Å². The largest absolute Gasteiger partial charge is 0.340 e. The quantitative estimate of drug-likeness (QED) is 0.506. The summed E-state index contributed by atoms with van der Waals surface area (Å²) >= 11 is 0. The number of halogens is 1. The van der Waals surface area contributed by atoms with Gasteiger partial charge in [0.25, 0.3) is 5.69 Å². The van der Waals surface area contributed by atoms with E-state index < -0.39 is 10.7 Å². The van der Waals surface area contributed by atoms with Crippen LogP contribution in [-0.4, -0.2) is 69.8 Å². The van der Waals surface area contributed by atoms with Crippen LogP contribution in [0, 0.1) is 21.8 Å². The zero-order chi connectivity index (χ0) is 22.5. The van der Waals surface area contributed by atoms with Crippen molar-refractivity contribution in [3.8, 4) is 0 Å². The average molecular weight is 442 g/mol. The molecule has 4 rings (SSSR count). The van der Waals surface area contributed by atoms with Crippen LogP contribution < -0.4 is 0 Å². The fourth-order valence-electron chi connectivity index (χ4n) is 4.57. The Bertz CT molecular complexity index is 942. The maximum Gasteiger partial charge on any atom is 0.276 e. The van der Waals surface area contributed by atoms with Crippen LogP contribution in [0.5, 0.6) is 0 Å². The number of carbonyl (C=O) groups is 1. The highest BCUT2D eigenvalue weighted by Gasteiger charge is 2.31. The van der Waals surface area contributed by atoms with Crippen LogP contribution in [0.3, 0.4) is 0 Å². The molecule has 3 heterocycles. The number of piperazine rings is 1. The van der Waals surface area contributed by atoms with Crippen molar-refractivity contribution in [2.45, 2.75) is 25.9 Å². The average Bonchev–Trinajstić information content (AvgIpc) is 2.81. The molecule has 2 aliphatic rings. The summed E-state index contributed by atoms with van der Waals surface area (Å²) in [6, 6.07) is 7.98. The third kappa shape index (κ3) is 5.28. The molecule has 8 nitrogen and oxygen atoms in total. The van der Waals surface area contributed by atoms with Crippen LogP contribution >= 0.6 is 0 Å². The lowest BCUT2D eigenvalue weighted by Crippen LogP contribution is -2.51. The number of aromatic nitrogens is 1. The molecular weight excluding hydrogens is 413 g/mol. The Hall–Kier alpha value is -2.91. The fourth-order valence-corrected chi connectivity index (χ4v) is 4.57. The molecule has 2 aromatic rings. The summed E-state index contributed by atoms with van der Waals surface area (Å²) in [7, 11) is 0. The number of carbonyl (C=O) groups excluding carboxylic acids is 1. The van der Waals surface area contributed by atoms with E-state index in [0.717, 1.165) is 32.5 Å². The second-order valence-electron chi connectivity index (χ2n) is 8.50. The molecule has 2 aliphatic heterocycles. The first-order valence-corrected chi connectivity index (χ1v) is 11.1. The van der Waals surface area contributed by atoms with E-state index >= 15 is 0 Å². The Morgan fingerprint density at radius 3 is 2.31 bits per heavy atom. The number of pyridine rings is 1. The van der Waals surface area contributed by atoms with Gasteiger partial charge in [-0.3, -0.25) is 29.7 Å². The number of piperidine rings is 1. The lowest BCUT2D eigenvalue weighted by Gasteiger charge is -2.38. The molecule has 0 radical (unpaired) electrons. The van der Waals surface area contributed by atoms with E-state index in [-0.39, 0.29) is 29.6 Å². The number of hydrogen-bond donors (Lipinski definition) is 0. The Morgan fingerprint density at radius 2 is 1.66 bits per heavy atom. The third-order valence-electron chi connectivity index (χ3n) is 6.45. The molecule has 0 bridgehead atoms. The molecule has 2 saturated heterocycles. The topological polar surface area (TPSA) is 82.8 Å². The summed E-state index contributed by atoms with van der Waals surface area (Å²) in [6.07, 6.45) is 5.31. The summed E-state index contributed by atoms with van der Waals surface area (Å²) < 4.78 is 14.2. The van der Waals surface area contributed by atoms with E-state index in [0.29, 0.717) is 26.2 Å². The van der Waals surface area contributed by atoms with Crippen molar-refractivity contribution in [2.75, 3.05) is 39.3 Å². The monoisotopic (exact) mass is 441 g/mol. The normalized spacial score (nSPS) is 18.6. The molecule has 0 spiro atoms. The van der Waals surface area contributed by atoms with Crippen molar-refractivity contribution in [2.24, 2.45) is 5.92 Å². The van der Waals surface area contributed by atoms with Crippen molar-refractivity contribution < 1.29 is 14.1 Å². The van der Waals surface area contributed by atoms with Crippen molar-refractivity contribution in [3.63, 3.8) is 0 Å². The number of hydrogen-bond acceptors (Lipinski definition) is 6. The first-order chi connectivity index (χ1) is 15.5. The molecule has 0 unspecified atom stereocenters. The van der Waals surface area contributed by atoms with Gasteiger partial charge >= 0.3 is 0 Å². The summed E-state index contributed by atoms with van der Waals surface area (Å²) in [6.45, 7) is 5.15. The molecule has 9 heteroatoms. The SMILES string of the molecule is O=C(C1CCN(Cc2ccncc2)CC1)N1CCN(Cc2c(F)cccc2[N+](=O)[O-])CC1. The Kier molecular flexibility index (Phi) is 7.06. The molecule has 2 fully saturated rings. The summed E-state index contributed by atoms with van der Waals surface area (Å²) in [5.41, 5.74) is 1.15. The predicted molar refractivity (Wildman–Crippen MR) is 117 cm³/mol. The zero-order valence-corrected chi connectivity index (χ0v) is 18.0. The molecule has 32 heavy (non-hydrogen) atoms. The van der Waals surface area contributed by atoms with E-state index in [2.05, 4.69) is 9.88 Å². The standard InChI is InChI=1S/C23H28FN5O3/c24-21-2-1-3-22(29(31)32)20(21)17-27-12-14-28(15-13-27)23(30)19-6-10-26(11-7-19)16-18-4-8-25-9-5-18/h1-5,8-9,19H,6-7,10-17H2. The van der Waals surface area contributed by atoms with Gasteiger partial charge in [-0.25, -0.2) is 4.39 Å². The molecule has 0 atom stereocenters. The highest BCUT2D eigenvalue weighted by molar-refractivity contribution is 5.79. The number of rotatable bonds is 6. The van der Waals surface area contributed by atoms with Crippen molar-refractivity contribution in [1.29, 1.82) is 0 Å². The van der Waals surface area contributed by atoms with Gasteiger partial charge in [0.2, 0.25) is 5.91 Å². The maximum absolute atomic E-state index is 14.2. The van der Waals surface area contributed by atoms with Crippen molar-refractivity contribution in [1.82, 2.24) is 19.7 Å². The molecule has 1 aromatic carbocycles. The van der Waals surface area contributed by atoms with Gasteiger partial charge in [0.1, 0.15) is 5.82 Å². The van der Waals surface area contributed by atoms with Gasteiger partial charge in [0.15, 0.2) is 0 Å². The second-order valence-corrected chi connectivity index (χ2v) is 8.50. The molecule has 1 aromatic heterocycles. The highest BCUT2D eigenvalue weighted by atomic mass is 19.1. The zero-order valence-electron chi connectivity index (χ0n) is 18.0. The molecule has 0 aliphatic carbocycles. The molecular formula is C23H28FN5O3. The van der Waals surface area contributed by atoms with Crippen LogP contribution in [0.25, 0.3) is 0 Å². The number of benzene rings is 1. The first-order valence-electron chi connectivity index (χ1n) is 11.1. The summed E-state index contributed by atoms with van der Waals surface area (Å²) in [4.78, 5) is 34.0. The van der Waals surface area contributed by atoms with Gasteiger partial charge < -0.3 is 4.90 Å². The minimum atomic E-state index is -0.559. The van der Waals surface area contributed by atoms with Gasteiger partial charge in [-0.05, 0) is 49.7 Å². The number of likely N-dealkylation sites (tertiary alicyclic amines) is 1. The summed E-state index contributed by atoms with van der Waals surface area (Å²) in [5, 5.41) is 11.2. The van der Waals surface area contributed by atoms with E-state index in [9.17, 15) is 19.3 Å². The fraction of sp³-hybridized carbons (Fsp3) is 0.478. The van der Waals surface area contributed by atoms with Gasteiger partial charge in [-0.1, -0.05) is 6.07 Å². The van der Waals surface area contributed by atoms with E-state index in [1.807, 2.05) is 21.9 Å². The molecule has 0 saturated carbocycles. The van der Waals surface area contributed by atoms with Crippen LogP contribution in [0.1, 0.15) is 24.0 Å². The van der Waals surface area contributed by atoms with Gasteiger partial charge in [-0.2, -0.15) is 0 Å². The minimum absolute atomic E-state index is 0.0443. The van der Waals surface area contributed by atoms with Gasteiger partial charge in [-0.15, -0.1) is 0 Å². The van der Waals surface area contributed by atoms with Crippen molar-refractivity contribution in [3.05, 3.63) is 69.8 Å². The Labute approximate surface area is 186 Å². The Morgan fingerprint density at radius 1 is 1.00 bits per heavy atom. The van der Waals surface area contributed by atoms with E-state index in [1.54, 1.807) is 12.4 Å². The predicted octanol–water partition coefficient (Wildman–Crippen LogP) is 2.69. The van der Waals surface area contributed by atoms with Crippen LogP contribution in [-0.2, 0) is 17.9 Å². The van der Waals surface area contributed by atoms with Gasteiger partial charge in [0.05, 0.1) is 10.5 Å². The van der Waals surface area contributed by atoms with Crippen LogP contribution in [0.15, 0.2) is 42.7 Å². The van der Waals surface area contributed by atoms with E-state index in [1.165, 1.54) is 23.8 Å². The highest BCUT2D eigenvalue weighted by Crippen LogP contribution is 2.25. The second kappa shape index (κ2) is 10.1. The van der Waals surface area contributed by atoms with Crippen molar-refractivity contribution >= 4 is 11.6 Å². The molecule has 1 amide bonds. The molecule has 170 valence electrons. The van der Waals surface area contributed by atoms with Gasteiger partial charge in [0, 0.05) is 63.6 Å². The third-order valence-corrected chi connectivity index (χ3v) is 6.45. The first kappa shape index (κ1) is 22.3. The number of nitro benzene ring substituents is 1. The maximum atomic E-state index is 14.2. The number of nitrogens with zero attached hydrogens (tertiary/aromatic N) is 5. The number of nitro groups is 1. The minimum Gasteiger partial charge on any atom is -0.340 e. The smallest absolute Gasteiger partial charge is 0.276 e. The molecule has 0 N–H and O–H groups in total. The van der Waals surface area contributed by atoms with Crippen LogP contribution in [0.4, 0.5) is 10.1 Å². The summed E-state index contributed by atoms with van der Waals surface area (Å²) in [5.74, 6) is -0.316. The lowest BCUT2D eigenvalue weighted by atomic mass is 9.94.